The summed E-state index contributed by atoms with van der Waals surface area (Å²) in [5, 5.41) is 0. The second kappa shape index (κ2) is 51.6. The van der Waals surface area contributed by atoms with Crippen molar-refractivity contribution < 1.29 is 42.1 Å². The van der Waals surface area contributed by atoms with Crippen molar-refractivity contribution in [1.29, 1.82) is 0 Å². The molecule has 0 aliphatic carbocycles. The summed E-state index contributed by atoms with van der Waals surface area (Å²) >= 11 is 0. The molecule has 9 nitrogen and oxygen atoms in total. The fraction of sp³-hybridized carbons (Fsp3) is 0.932. The molecule has 0 spiro atoms. The van der Waals surface area contributed by atoms with Gasteiger partial charge in [-0.15, -0.1) is 0 Å². The first-order valence-corrected chi connectivity index (χ1v) is 31.4. The van der Waals surface area contributed by atoms with E-state index in [4.69, 9.17) is 18.5 Å². The lowest BCUT2D eigenvalue weighted by Gasteiger charge is -2.28. The van der Waals surface area contributed by atoms with Gasteiger partial charge in [-0.25, -0.2) is 0 Å². The Morgan fingerprint density at radius 1 is 0.435 bits per heavy atom. The van der Waals surface area contributed by atoms with Gasteiger partial charge in [0.1, 0.15) is 19.8 Å². The largest absolute Gasteiger partial charge is 0.756 e. The fourth-order valence-electron chi connectivity index (χ4n) is 8.89. The summed E-state index contributed by atoms with van der Waals surface area (Å²) in [6, 6.07) is 0. The molecule has 0 heterocycles. The van der Waals surface area contributed by atoms with Gasteiger partial charge in [0, 0.05) is 12.8 Å². The number of hydrogen-bond donors (Lipinski definition) is 0. The maximum absolute atomic E-state index is 12.7. The lowest BCUT2D eigenvalue weighted by Crippen LogP contribution is -2.37. The third-order valence-electron chi connectivity index (χ3n) is 13.5. The van der Waals surface area contributed by atoms with E-state index in [9.17, 15) is 19.0 Å². The van der Waals surface area contributed by atoms with E-state index in [0.29, 0.717) is 17.4 Å². The van der Waals surface area contributed by atoms with Crippen LogP contribution in [0.25, 0.3) is 0 Å². The lowest BCUT2D eigenvalue weighted by atomic mass is 10.0. The van der Waals surface area contributed by atoms with Crippen molar-refractivity contribution in [3.05, 3.63) is 12.2 Å². The van der Waals surface area contributed by atoms with E-state index in [1.54, 1.807) is 0 Å². The van der Waals surface area contributed by atoms with Gasteiger partial charge in [0.15, 0.2) is 6.10 Å². The number of quaternary nitrogens is 1. The molecule has 0 aromatic heterocycles. The molecule has 0 radical (unpaired) electrons. The molecule has 0 fully saturated rings. The van der Waals surface area contributed by atoms with Gasteiger partial charge in [-0.3, -0.25) is 14.2 Å². The number of likely N-dealkylation sites (N-methyl/N-ethyl adjacent to an activating group) is 1. The normalized spacial score (nSPS) is 13.3. The van der Waals surface area contributed by atoms with Crippen molar-refractivity contribution in [3.63, 3.8) is 0 Å². The van der Waals surface area contributed by atoms with Crippen LogP contribution >= 0.6 is 7.82 Å². The highest BCUT2D eigenvalue weighted by Crippen LogP contribution is 2.38. The van der Waals surface area contributed by atoms with E-state index in [-0.39, 0.29) is 32.0 Å². The molecule has 410 valence electrons. The number of allylic oxidation sites excluding steroid dienone is 2. The molecule has 0 bridgehead atoms. The summed E-state index contributed by atoms with van der Waals surface area (Å²) in [6.07, 6.45) is 60.0. The van der Waals surface area contributed by atoms with Gasteiger partial charge in [0.05, 0.1) is 27.7 Å². The quantitative estimate of drug-likeness (QED) is 0.0195. The minimum absolute atomic E-state index is 0.0289. The Bertz CT molecular complexity index is 1180. The van der Waals surface area contributed by atoms with E-state index < -0.39 is 26.5 Å². The number of nitrogens with zero attached hydrogens (tertiary/aromatic N) is 1. The zero-order valence-corrected chi connectivity index (χ0v) is 47.4. The summed E-state index contributed by atoms with van der Waals surface area (Å²) in [6.45, 7) is 4.27. The molecule has 0 aromatic carbocycles. The molecular weight excluding hydrogens is 882 g/mol. The molecule has 69 heavy (non-hydrogen) atoms. The number of hydrogen-bond acceptors (Lipinski definition) is 8. The lowest BCUT2D eigenvalue weighted by molar-refractivity contribution is -0.870. The van der Waals surface area contributed by atoms with Crippen molar-refractivity contribution in [2.45, 2.75) is 309 Å². The van der Waals surface area contributed by atoms with Crippen LogP contribution < -0.4 is 4.89 Å². The zero-order valence-electron chi connectivity index (χ0n) is 46.5. The summed E-state index contributed by atoms with van der Waals surface area (Å²) in [7, 11) is 1.18. The van der Waals surface area contributed by atoms with Gasteiger partial charge < -0.3 is 27.9 Å². The highest BCUT2D eigenvalue weighted by atomic mass is 31.2. The Kier molecular flexibility index (Phi) is 50.7. The van der Waals surface area contributed by atoms with Crippen LogP contribution in [0.4, 0.5) is 0 Å². The van der Waals surface area contributed by atoms with Gasteiger partial charge in [0.25, 0.3) is 7.82 Å². The van der Waals surface area contributed by atoms with E-state index in [1.807, 2.05) is 21.1 Å². The van der Waals surface area contributed by atoms with Gasteiger partial charge in [0.2, 0.25) is 0 Å². The number of carbonyl (C=O) groups is 2. The van der Waals surface area contributed by atoms with Gasteiger partial charge >= 0.3 is 11.9 Å². The molecular formula is C59H116NO8P. The third-order valence-corrected chi connectivity index (χ3v) is 14.5. The fourth-order valence-corrected chi connectivity index (χ4v) is 9.62. The first-order valence-electron chi connectivity index (χ1n) is 29.9. The first kappa shape index (κ1) is 67.8. The third kappa shape index (κ3) is 55.9. The van der Waals surface area contributed by atoms with Crippen molar-refractivity contribution in [2.24, 2.45) is 0 Å². The van der Waals surface area contributed by atoms with Crippen LogP contribution in [0.2, 0.25) is 0 Å². The minimum atomic E-state index is -4.63. The molecule has 0 saturated heterocycles. The standard InChI is InChI=1S/C59H116NO8P/c1-6-8-10-12-14-16-18-20-22-23-24-25-26-27-28-29-30-31-32-33-34-35-36-37-38-40-41-43-45-47-49-51-58(61)65-55-57(56-67-69(63,64)66-54-53-60(3,4)5)68-59(62)52-50-48-46-44-42-39-21-19-17-15-13-11-9-7-2/h19,21,57H,6-18,20,22-56H2,1-5H3/b21-19-. The predicted molar refractivity (Wildman–Crippen MR) is 292 cm³/mol. The molecule has 2 unspecified atom stereocenters. The number of phosphoric acid groups is 1. The molecule has 0 aliphatic heterocycles. The van der Waals surface area contributed by atoms with Crippen molar-refractivity contribution in [1.82, 2.24) is 0 Å². The Labute approximate surface area is 428 Å². The summed E-state index contributed by atoms with van der Waals surface area (Å²) in [5.74, 6) is -0.827. The molecule has 0 aliphatic rings. The molecule has 0 aromatic rings. The summed E-state index contributed by atoms with van der Waals surface area (Å²) in [5.41, 5.74) is 0. The monoisotopic (exact) mass is 998 g/mol. The van der Waals surface area contributed by atoms with Gasteiger partial charge in [-0.05, 0) is 38.5 Å². The molecule has 0 amide bonds. The second-order valence-corrected chi connectivity index (χ2v) is 23.1. The van der Waals surface area contributed by atoms with Crippen molar-refractivity contribution >= 4 is 19.8 Å². The zero-order chi connectivity index (χ0) is 50.6. The highest BCUT2D eigenvalue weighted by molar-refractivity contribution is 7.45. The summed E-state index contributed by atoms with van der Waals surface area (Å²) in [4.78, 5) is 37.8. The van der Waals surface area contributed by atoms with E-state index in [1.165, 1.54) is 218 Å². The number of carbonyl (C=O) groups excluding carboxylic acids is 2. The van der Waals surface area contributed by atoms with E-state index in [2.05, 4.69) is 26.0 Å². The summed E-state index contributed by atoms with van der Waals surface area (Å²) < 4.78 is 34.1. The Morgan fingerprint density at radius 3 is 1.07 bits per heavy atom. The maximum atomic E-state index is 12.7. The van der Waals surface area contributed by atoms with Crippen LogP contribution in [0.3, 0.4) is 0 Å². The van der Waals surface area contributed by atoms with Crippen LogP contribution in [-0.2, 0) is 32.7 Å². The number of phosphoric ester groups is 1. The van der Waals surface area contributed by atoms with Crippen molar-refractivity contribution in [3.8, 4) is 0 Å². The Hall–Kier alpha value is -1.25. The van der Waals surface area contributed by atoms with Crippen LogP contribution in [0, 0.1) is 0 Å². The molecule has 0 saturated carbocycles. The predicted octanol–water partition coefficient (Wildman–Crippen LogP) is 17.8. The van der Waals surface area contributed by atoms with E-state index in [0.717, 1.165) is 51.4 Å². The number of esters is 2. The number of ether oxygens (including phenoxy) is 2. The second-order valence-electron chi connectivity index (χ2n) is 21.7. The first-order chi connectivity index (χ1) is 33.5. The number of unbranched alkanes of at least 4 members (excludes halogenated alkanes) is 40. The Balaban J connectivity index is 3.96. The van der Waals surface area contributed by atoms with Crippen LogP contribution in [0.5, 0.6) is 0 Å². The topological polar surface area (TPSA) is 111 Å². The van der Waals surface area contributed by atoms with Crippen LogP contribution in [0.15, 0.2) is 12.2 Å². The minimum Gasteiger partial charge on any atom is -0.756 e. The van der Waals surface area contributed by atoms with E-state index >= 15 is 0 Å². The molecule has 10 heteroatoms. The molecule has 2 atom stereocenters. The molecule has 0 N–H and O–H groups in total. The van der Waals surface area contributed by atoms with Gasteiger partial charge in [-0.1, -0.05) is 264 Å². The average molecular weight is 999 g/mol. The number of rotatable bonds is 56. The van der Waals surface area contributed by atoms with Crippen LogP contribution in [0.1, 0.15) is 303 Å². The maximum Gasteiger partial charge on any atom is 0.306 e. The van der Waals surface area contributed by atoms with Crippen molar-refractivity contribution in [2.75, 3.05) is 47.5 Å². The SMILES string of the molecule is CCCCCCC/C=C\CCCCCCCC(=O)OC(COC(=O)CCCCCCCCCCCCCCCCCCCCCCCCCCCCCCCCC)COP(=O)([O-])OCC[N+](C)(C)C. The average Bonchev–Trinajstić information content (AvgIpc) is 3.31. The Morgan fingerprint density at radius 2 is 0.739 bits per heavy atom. The van der Waals surface area contributed by atoms with Gasteiger partial charge in [-0.2, -0.15) is 0 Å². The van der Waals surface area contributed by atoms with Crippen LogP contribution in [-0.4, -0.2) is 70.0 Å². The molecule has 0 rings (SSSR count). The smallest absolute Gasteiger partial charge is 0.306 e. The highest BCUT2D eigenvalue weighted by Gasteiger charge is 2.22.